The van der Waals surface area contributed by atoms with Gasteiger partial charge in [-0.25, -0.2) is 0 Å². The van der Waals surface area contributed by atoms with Crippen LogP contribution in [0.25, 0.3) is 0 Å². The smallest absolute Gasteiger partial charge is 0.0691 e. The number of nitrogens with two attached hydrogens (primary N) is 1. The van der Waals surface area contributed by atoms with Gasteiger partial charge in [-0.3, -0.25) is 0 Å². The minimum Gasteiger partial charge on any atom is -0.360 e. The predicted molar refractivity (Wildman–Crippen MR) is 74.4 cm³/mol. The Bertz CT molecular complexity index is 562. The van der Waals surface area contributed by atoms with Crippen molar-refractivity contribution < 1.29 is 0 Å². The first-order valence-corrected chi connectivity index (χ1v) is 5.99. The van der Waals surface area contributed by atoms with Gasteiger partial charge in [-0.2, -0.15) is 0 Å². The number of fused-ring (bicyclic) bond motifs is 1. The minimum atomic E-state index is 0.578. The maximum atomic E-state index is 5.62. The van der Waals surface area contributed by atoms with Gasteiger partial charge in [-0.05, 0) is 42.0 Å². The topological polar surface area (TPSA) is 41.3 Å². The normalized spacial score (nSPS) is 16.8. The number of anilines is 1. The van der Waals surface area contributed by atoms with E-state index < -0.39 is 0 Å². The molecule has 0 aromatic heterocycles. The van der Waals surface area contributed by atoms with E-state index in [1.54, 1.807) is 0 Å². The van der Waals surface area contributed by atoms with Crippen molar-refractivity contribution in [3.63, 3.8) is 0 Å². The fourth-order valence-corrected chi connectivity index (χ4v) is 2.11. The van der Waals surface area contributed by atoms with Crippen molar-refractivity contribution in [1.82, 2.24) is 5.32 Å². The molecule has 0 amide bonds. The first kappa shape index (κ1) is 10.9. The maximum absolute atomic E-state index is 5.62. The molecule has 0 bridgehead atoms. The number of allylic oxidation sites excluding steroid dienone is 4. The molecule has 0 spiro atoms. The van der Waals surface area contributed by atoms with Gasteiger partial charge in [0.25, 0.3) is 0 Å². The zero-order valence-corrected chi connectivity index (χ0v) is 10.0. The summed E-state index contributed by atoms with van der Waals surface area (Å²) in [5.74, 6) is 0. The van der Waals surface area contributed by atoms with E-state index in [0.29, 0.717) is 6.54 Å². The van der Waals surface area contributed by atoms with Crippen LogP contribution in [0.3, 0.4) is 0 Å². The number of nitrogens with zero attached hydrogens (tertiary/aromatic N) is 1. The van der Waals surface area contributed by atoms with Crippen LogP contribution in [-0.2, 0) is 6.54 Å². The van der Waals surface area contributed by atoms with E-state index in [9.17, 15) is 0 Å². The summed E-state index contributed by atoms with van der Waals surface area (Å²) in [7, 11) is 0. The Hall–Kier alpha value is -2.26. The molecule has 0 fully saturated rings. The van der Waals surface area contributed by atoms with Crippen molar-refractivity contribution in [3.05, 3.63) is 77.9 Å². The summed E-state index contributed by atoms with van der Waals surface area (Å²) >= 11 is 0. The molecule has 0 atom stereocenters. The lowest BCUT2D eigenvalue weighted by Crippen LogP contribution is -2.25. The summed E-state index contributed by atoms with van der Waals surface area (Å²) in [6.45, 7) is 0.578. The lowest BCUT2D eigenvalue weighted by Gasteiger charge is -2.29. The van der Waals surface area contributed by atoms with E-state index in [-0.39, 0.29) is 0 Å². The average Bonchev–Trinajstić information content (AvgIpc) is 2.47. The van der Waals surface area contributed by atoms with Gasteiger partial charge in [0.1, 0.15) is 0 Å². The van der Waals surface area contributed by atoms with Crippen LogP contribution in [0.1, 0.15) is 5.56 Å². The first-order chi connectivity index (χ1) is 8.88. The molecule has 3 rings (SSSR count). The van der Waals surface area contributed by atoms with Crippen molar-refractivity contribution in [1.29, 1.82) is 0 Å². The van der Waals surface area contributed by atoms with E-state index in [1.165, 1.54) is 0 Å². The van der Waals surface area contributed by atoms with Crippen LogP contribution in [0.2, 0.25) is 0 Å². The SMILES string of the molecule is NCc1ccc(N2C=CC=C3NC=CC=C32)cc1. The van der Waals surface area contributed by atoms with Crippen molar-refractivity contribution in [2.45, 2.75) is 6.54 Å². The predicted octanol–water partition coefficient (Wildman–Crippen LogP) is 2.36. The Balaban J connectivity index is 1.96. The summed E-state index contributed by atoms with van der Waals surface area (Å²) in [5.41, 5.74) is 10.2. The van der Waals surface area contributed by atoms with Crippen molar-refractivity contribution in [2.75, 3.05) is 4.90 Å². The Morgan fingerprint density at radius 2 is 1.89 bits per heavy atom. The second kappa shape index (κ2) is 4.55. The molecule has 2 aliphatic heterocycles. The summed E-state index contributed by atoms with van der Waals surface area (Å²) < 4.78 is 0. The zero-order valence-electron chi connectivity index (χ0n) is 10.0. The summed E-state index contributed by atoms with van der Waals surface area (Å²) in [5, 5.41) is 3.24. The molecule has 0 unspecified atom stereocenters. The zero-order chi connectivity index (χ0) is 12.4. The highest BCUT2D eigenvalue weighted by Crippen LogP contribution is 2.27. The number of dihydropyridines is 1. The number of benzene rings is 1. The van der Waals surface area contributed by atoms with Crippen LogP contribution in [0.5, 0.6) is 0 Å². The second-order valence-corrected chi connectivity index (χ2v) is 4.22. The van der Waals surface area contributed by atoms with E-state index in [0.717, 1.165) is 22.6 Å². The lowest BCUT2D eigenvalue weighted by atomic mass is 10.1. The van der Waals surface area contributed by atoms with Crippen molar-refractivity contribution >= 4 is 5.69 Å². The van der Waals surface area contributed by atoms with Gasteiger partial charge >= 0.3 is 0 Å². The largest absolute Gasteiger partial charge is 0.360 e. The van der Waals surface area contributed by atoms with Gasteiger partial charge in [-0.15, -0.1) is 0 Å². The Kier molecular flexibility index (Phi) is 2.74. The second-order valence-electron chi connectivity index (χ2n) is 4.22. The van der Waals surface area contributed by atoms with Gasteiger partial charge in [-0.1, -0.05) is 12.1 Å². The number of hydrogen-bond acceptors (Lipinski definition) is 3. The summed E-state index contributed by atoms with van der Waals surface area (Å²) in [6.07, 6.45) is 12.2. The third-order valence-electron chi connectivity index (χ3n) is 3.07. The first-order valence-electron chi connectivity index (χ1n) is 5.99. The Morgan fingerprint density at radius 3 is 2.67 bits per heavy atom. The number of nitrogens with one attached hydrogen (secondary N) is 1. The van der Waals surface area contributed by atoms with E-state index in [1.807, 2.05) is 18.4 Å². The molecule has 1 aromatic carbocycles. The molecular formula is C15H15N3. The molecule has 2 aliphatic rings. The van der Waals surface area contributed by atoms with Crippen LogP contribution >= 0.6 is 0 Å². The molecule has 0 saturated carbocycles. The highest BCUT2D eigenvalue weighted by molar-refractivity contribution is 5.63. The standard InChI is InChI=1S/C15H15N3/c16-11-12-5-7-13(8-6-12)18-10-2-3-14-15(18)4-1-9-17-14/h1-10,17H,11,16H2. The minimum absolute atomic E-state index is 0.578. The molecule has 3 heteroatoms. The van der Waals surface area contributed by atoms with Gasteiger partial charge < -0.3 is 16.0 Å². The molecule has 2 heterocycles. The fraction of sp³-hybridized carbons (Fsp3) is 0.0667. The highest BCUT2D eigenvalue weighted by Gasteiger charge is 2.16. The fourth-order valence-electron chi connectivity index (χ4n) is 2.11. The molecule has 18 heavy (non-hydrogen) atoms. The summed E-state index contributed by atoms with van der Waals surface area (Å²) in [4.78, 5) is 2.16. The van der Waals surface area contributed by atoms with Gasteiger partial charge in [0.2, 0.25) is 0 Å². The molecule has 0 saturated heterocycles. The quantitative estimate of drug-likeness (QED) is 0.829. The number of rotatable bonds is 2. The van der Waals surface area contributed by atoms with E-state index >= 15 is 0 Å². The van der Waals surface area contributed by atoms with Crippen LogP contribution < -0.4 is 16.0 Å². The van der Waals surface area contributed by atoms with Gasteiger partial charge in [0, 0.05) is 24.6 Å². The molecule has 1 aromatic rings. The van der Waals surface area contributed by atoms with Crippen molar-refractivity contribution in [2.24, 2.45) is 5.73 Å². The molecule has 90 valence electrons. The monoisotopic (exact) mass is 237 g/mol. The van der Waals surface area contributed by atoms with Crippen LogP contribution in [0.15, 0.2) is 72.4 Å². The molecule has 0 radical (unpaired) electrons. The third-order valence-corrected chi connectivity index (χ3v) is 3.07. The summed E-state index contributed by atoms with van der Waals surface area (Å²) in [6, 6.07) is 8.31. The third kappa shape index (κ3) is 1.85. The van der Waals surface area contributed by atoms with E-state index in [4.69, 9.17) is 5.73 Å². The highest BCUT2D eigenvalue weighted by atomic mass is 15.2. The maximum Gasteiger partial charge on any atom is 0.0691 e. The van der Waals surface area contributed by atoms with Crippen molar-refractivity contribution in [3.8, 4) is 0 Å². The Labute approximate surface area is 107 Å². The molecule has 3 nitrogen and oxygen atoms in total. The average molecular weight is 237 g/mol. The van der Waals surface area contributed by atoms with Gasteiger partial charge in [0.05, 0.1) is 11.4 Å². The molecule has 3 N–H and O–H groups in total. The van der Waals surface area contributed by atoms with E-state index in [2.05, 4.69) is 52.8 Å². The van der Waals surface area contributed by atoms with Gasteiger partial charge in [0.15, 0.2) is 0 Å². The molecule has 0 aliphatic carbocycles. The Morgan fingerprint density at radius 1 is 1.06 bits per heavy atom. The van der Waals surface area contributed by atoms with Crippen LogP contribution in [0, 0.1) is 0 Å². The lowest BCUT2D eigenvalue weighted by molar-refractivity contribution is 0.987. The van der Waals surface area contributed by atoms with Crippen LogP contribution in [0.4, 0.5) is 5.69 Å². The number of hydrogen-bond donors (Lipinski definition) is 2. The van der Waals surface area contributed by atoms with Crippen LogP contribution in [-0.4, -0.2) is 0 Å². The molecular weight excluding hydrogens is 222 g/mol.